The van der Waals surface area contributed by atoms with Gasteiger partial charge >= 0.3 is 11.9 Å². The summed E-state index contributed by atoms with van der Waals surface area (Å²) in [6.45, 7) is 0. The molecule has 0 aliphatic carbocycles. The normalized spacial score (nSPS) is 14.0. The molecule has 0 aromatic heterocycles. The van der Waals surface area contributed by atoms with E-state index in [1.54, 1.807) is 24.3 Å². The van der Waals surface area contributed by atoms with E-state index in [0.29, 0.717) is 5.56 Å². The van der Waals surface area contributed by atoms with Crippen molar-refractivity contribution in [3.8, 4) is 0 Å². The minimum absolute atomic E-state index is 0.0317. The lowest BCUT2D eigenvalue weighted by atomic mass is 9.94. The Hall–Kier alpha value is -1.40. The third-order valence-corrected chi connectivity index (χ3v) is 2.85. The van der Waals surface area contributed by atoms with Gasteiger partial charge in [0.05, 0.1) is 5.92 Å². The highest BCUT2D eigenvalue weighted by molar-refractivity contribution is 9.10. The molecule has 0 fully saturated rings. The highest BCUT2D eigenvalue weighted by Gasteiger charge is 2.31. The lowest BCUT2D eigenvalue weighted by Crippen LogP contribution is -2.36. The molecule has 5 nitrogen and oxygen atoms in total. The average Bonchev–Trinajstić information content (AvgIpc) is 2.26. The van der Waals surface area contributed by atoms with Crippen molar-refractivity contribution in [3.05, 3.63) is 34.3 Å². The fraction of sp³-hybridized carbons (Fsp3) is 0.273. The van der Waals surface area contributed by atoms with Gasteiger partial charge in [0.2, 0.25) is 0 Å². The van der Waals surface area contributed by atoms with Gasteiger partial charge in [0.25, 0.3) is 0 Å². The Morgan fingerprint density at radius 2 is 1.65 bits per heavy atom. The molecule has 3 N–H and O–H groups in total. The zero-order chi connectivity index (χ0) is 13.0. The van der Waals surface area contributed by atoms with Crippen molar-refractivity contribution in [3.63, 3.8) is 0 Å². The van der Waals surface area contributed by atoms with Crippen molar-refractivity contribution in [2.24, 2.45) is 5.92 Å². The molecule has 92 valence electrons. The minimum atomic E-state index is -1.91. The number of carboxylic acids is 2. The predicted octanol–water partition coefficient (Wildman–Crippen LogP) is 1.14. The van der Waals surface area contributed by atoms with E-state index in [-0.39, 0.29) is 6.42 Å². The highest BCUT2D eigenvalue weighted by atomic mass is 79.9. The molecule has 0 saturated carbocycles. The van der Waals surface area contributed by atoms with Gasteiger partial charge in [-0.25, -0.2) is 4.79 Å². The highest BCUT2D eigenvalue weighted by Crippen LogP contribution is 2.16. The standard InChI is InChI=1S/C11H11BrO5/c12-7-3-1-6(2-4-7)5-8(10(14)15)9(13)11(16)17/h1-4,8-9,13H,5H2,(H,14,15)(H,16,17)/t8-,9+/m1/s1. The van der Waals surface area contributed by atoms with Crippen LogP contribution in [0, 0.1) is 5.92 Å². The number of benzene rings is 1. The first-order valence-electron chi connectivity index (χ1n) is 4.80. The number of carboxylic acid groups (broad SMARTS) is 2. The molecule has 0 aliphatic heterocycles. The van der Waals surface area contributed by atoms with Crippen molar-refractivity contribution >= 4 is 27.9 Å². The van der Waals surface area contributed by atoms with Crippen LogP contribution < -0.4 is 0 Å². The zero-order valence-electron chi connectivity index (χ0n) is 8.71. The summed E-state index contributed by atoms with van der Waals surface area (Å²) in [4.78, 5) is 21.5. The van der Waals surface area contributed by atoms with E-state index in [2.05, 4.69) is 15.9 Å². The number of aliphatic carboxylic acids is 2. The summed E-state index contributed by atoms with van der Waals surface area (Å²) in [5.41, 5.74) is 0.654. The van der Waals surface area contributed by atoms with Crippen LogP contribution in [0.25, 0.3) is 0 Å². The molecule has 0 bridgehead atoms. The summed E-state index contributed by atoms with van der Waals surface area (Å²) in [7, 11) is 0. The second-order valence-corrected chi connectivity index (χ2v) is 4.47. The number of aliphatic hydroxyl groups is 1. The van der Waals surface area contributed by atoms with E-state index in [4.69, 9.17) is 10.2 Å². The van der Waals surface area contributed by atoms with Crippen LogP contribution in [0.15, 0.2) is 28.7 Å². The Morgan fingerprint density at radius 1 is 1.12 bits per heavy atom. The number of aliphatic hydroxyl groups excluding tert-OH is 1. The zero-order valence-corrected chi connectivity index (χ0v) is 10.3. The van der Waals surface area contributed by atoms with Gasteiger partial charge in [-0.3, -0.25) is 4.79 Å². The molecule has 0 heterocycles. The monoisotopic (exact) mass is 302 g/mol. The fourth-order valence-electron chi connectivity index (χ4n) is 1.38. The molecule has 0 spiro atoms. The number of halogens is 1. The number of hydrogen-bond acceptors (Lipinski definition) is 3. The van der Waals surface area contributed by atoms with Crippen molar-refractivity contribution in [2.75, 3.05) is 0 Å². The molecular weight excluding hydrogens is 292 g/mol. The first-order chi connectivity index (χ1) is 7.91. The largest absolute Gasteiger partial charge is 0.481 e. The molecule has 17 heavy (non-hydrogen) atoms. The van der Waals surface area contributed by atoms with Crippen LogP contribution in [0.1, 0.15) is 5.56 Å². The van der Waals surface area contributed by atoms with Crippen LogP contribution in [0.4, 0.5) is 0 Å². The number of rotatable bonds is 5. The summed E-state index contributed by atoms with van der Waals surface area (Å²) in [6.07, 6.45) is -1.94. The summed E-state index contributed by atoms with van der Waals surface area (Å²) in [6, 6.07) is 6.80. The summed E-state index contributed by atoms with van der Waals surface area (Å²) >= 11 is 3.23. The molecule has 1 aromatic rings. The summed E-state index contributed by atoms with van der Waals surface area (Å²) in [5.74, 6) is -4.22. The molecule has 1 rings (SSSR count). The number of carbonyl (C=O) groups is 2. The van der Waals surface area contributed by atoms with Crippen molar-refractivity contribution in [1.29, 1.82) is 0 Å². The topological polar surface area (TPSA) is 94.8 Å². The maximum absolute atomic E-state index is 10.9. The lowest BCUT2D eigenvalue weighted by molar-refractivity contribution is -0.159. The molecule has 2 atom stereocenters. The van der Waals surface area contributed by atoms with Gasteiger partial charge in [0, 0.05) is 4.47 Å². The molecule has 0 amide bonds. The van der Waals surface area contributed by atoms with Gasteiger partial charge in [-0.15, -0.1) is 0 Å². The second kappa shape index (κ2) is 5.79. The third kappa shape index (κ3) is 3.83. The van der Waals surface area contributed by atoms with Gasteiger partial charge in [0.1, 0.15) is 0 Å². The molecule has 6 heteroatoms. The molecule has 0 saturated heterocycles. The van der Waals surface area contributed by atoms with E-state index >= 15 is 0 Å². The van der Waals surface area contributed by atoms with Gasteiger partial charge < -0.3 is 15.3 Å². The van der Waals surface area contributed by atoms with Gasteiger partial charge in [-0.2, -0.15) is 0 Å². The molecule has 0 unspecified atom stereocenters. The van der Waals surface area contributed by atoms with E-state index in [1.807, 2.05) is 0 Å². The quantitative estimate of drug-likeness (QED) is 0.758. The minimum Gasteiger partial charge on any atom is -0.481 e. The first kappa shape index (κ1) is 13.7. The Morgan fingerprint density at radius 3 is 2.06 bits per heavy atom. The van der Waals surface area contributed by atoms with Crippen LogP contribution in [-0.2, 0) is 16.0 Å². The Bertz CT molecular complexity index is 414. The van der Waals surface area contributed by atoms with Gasteiger partial charge in [0.15, 0.2) is 6.10 Å². The SMILES string of the molecule is O=C(O)[C@@H](O)[C@@H](Cc1ccc(Br)cc1)C(=O)O. The van der Waals surface area contributed by atoms with Crippen LogP contribution in [0.5, 0.6) is 0 Å². The fourth-order valence-corrected chi connectivity index (χ4v) is 1.64. The molecular formula is C11H11BrO5. The smallest absolute Gasteiger partial charge is 0.333 e. The molecule has 0 aliphatic rings. The maximum atomic E-state index is 10.9. The van der Waals surface area contributed by atoms with Crippen molar-refractivity contribution in [1.82, 2.24) is 0 Å². The van der Waals surface area contributed by atoms with Gasteiger partial charge in [-0.1, -0.05) is 28.1 Å². The van der Waals surface area contributed by atoms with E-state index in [9.17, 15) is 14.7 Å². The second-order valence-electron chi connectivity index (χ2n) is 3.56. The third-order valence-electron chi connectivity index (χ3n) is 2.32. The van der Waals surface area contributed by atoms with Crippen LogP contribution in [0.3, 0.4) is 0 Å². The first-order valence-corrected chi connectivity index (χ1v) is 5.59. The van der Waals surface area contributed by atoms with Crippen LogP contribution in [0.2, 0.25) is 0 Å². The summed E-state index contributed by atoms with van der Waals surface area (Å²) in [5, 5.41) is 26.8. The van der Waals surface area contributed by atoms with E-state index < -0.39 is 24.0 Å². The van der Waals surface area contributed by atoms with Crippen LogP contribution in [-0.4, -0.2) is 33.4 Å². The van der Waals surface area contributed by atoms with Gasteiger partial charge in [-0.05, 0) is 24.1 Å². The van der Waals surface area contributed by atoms with E-state index in [0.717, 1.165) is 4.47 Å². The lowest BCUT2D eigenvalue weighted by Gasteiger charge is -2.15. The van der Waals surface area contributed by atoms with E-state index in [1.165, 1.54) is 0 Å². The predicted molar refractivity (Wildman–Crippen MR) is 62.6 cm³/mol. The number of hydrogen-bond donors (Lipinski definition) is 3. The van der Waals surface area contributed by atoms with Crippen LogP contribution >= 0.6 is 15.9 Å². The Balaban J connectivity index is 2.84. The molecule has 1 aromatic carbocycles. The Labute approximate surface area is 106 Å². The van der Waals surface area contributed by atoms with Crippen molar-refractivity contribution in [2.45, 2.75) is 12.5 Å². The summed E-state index contributed by atoms with van der Waals surface area (Å²) < 4.78 is 0.840. The molecule has 0 radical (unpaired) electrons. The Kier molecular flexibility index (Phi) is 4.65. The van der Waals surface area contributed by atoms with Crippen molar-refractivity contribution < 1.29 is 24.9 Å². The maximum Gasteiger partial charge on any atom is 0.333 e. The average molecular weight is 303 g/mol.